The second kappa shape index (κ2) is 7.69. The molecule has 0 radical (unpaired) electrons. The lowest BCUT2D eigenvalue weighted by molar-refractivity contribution is 0.412. The van der Waals surface area contributed by atoms with Gasteiger partial charge in [0.2, 0.25) is 11.1 Å². The molecule has 2 fully saturated rings. The molecule has 0 bridgehead atoms. The quantitative estimate of drug-likeness (QED) is 0.401. The minimum atomic E-state index is -0.444. The maximum absolute atomic E-state index is 13.7. The fourth-order valence-corrected chi connectivity index (χ4v) is 6.26. The molecule has 0 atom stereocenters. The third-order valence-corrected chi connectivity index (χ3v) is 8.63. The summed E-state index contributed by atoms with van der Waals surface area (Å²) in [5.41, 5.74) is 4.33. The predicted molar refractivity (Wildman–Crippen MR) is 138 cm³/mol. The van der Waals surface area contributed by atoms with E-state index < -0.39 is 12.1 Å². The van der Waals surface area contributed by atoms with Crippen LogP contribution in [0.5, 0.6) is 0 Å². The van der Waals surface area contributed by atoms with Gasteiger partial charge in [0.15, 0.2) is 5.65 Å². The second-order valence-electron chi connectivity index (χ2n) is 11.0. The van der Waals surface area contributed by atoms with E-state index in [0.29, 0.717) is 22.1 Å². The molecule has 1 aromatic carbocycles. The number of halogens is 1. The van der Waals surface area contributed by atoms with Crippen LogP contribution in [0, 0.1) is 0 Å². The summed E-state index contributed by atoms with van der Waals surface area (Å²) >= 11 is 1.44. The van der Waals surface area contributed by atoms with Gasteiger partial charge in [0.05, 0.1) is 11.7 Å². The van der Waals surface area contributed by atoms with E-state index in [1.165, 1.54) is 22.5 Å². The summed E-state index contributed by atoms with van der Waals surface area (Å²) in [5.74, 6) is 0.423. The molecule has 0 saturated heterocycles. The molecule has 186 valence electrons. The normalized spacial score (nSPS) is 19.9. The van der Waals surface area contributed by atoms with Crippen molar-refractivity contribution in [3.63, 3.8) is 0 Å². The maximum Gasteiger partial charge on any atom is 0.278 e. The third kappa shape index (κ3) is 3.42. The van der Waals surface area contributed by atoms with Gasteiger partial charge in [-0.1, -0.05) is 19.9 Å². The molecule has 0 unspecified atom stereocenters. The number of alkyl halides is 1. The first-order valence-electron chi connectivity index (χ1n) is 12.5. The van der Waals surface area contributed by atoms with Gasteiger partial charge in [0, 0.05) is 41.2 Å². The minimum absolute atomic E-state index is 0.0804. The Morgan fingerprint density at radius 2 is 2.08 bits per heavy atom. The van der Waals surface area contributed by atoms with Crippen molar-refractivity contribution in [3.05, 3.63) is 57.0 Å². The Kier molecular flexibility index (Phi) is 4.73. The van der Waals surface area contributed by atoms with Crippen LogP contribution < -0.4 is 16.2 Å². The van der Waals surface area contributed by atoms with Crippen LogP contribution >= 0.6 is 11.3 Å². The lowest BCUT2D eigenvalue weighted by Crippen LogP contribution is -2.38. The highest BCUT2D eigenvalue weighted by atomic mass is 32.1. The van der Waals surface area contributed by atoms with Gasteiger partial charge in [-0.3, -0.25) is 9.18 Å². The van der Waals surface area contributed by atoms with E-state index >= 15 is 0 Å². The maximum atomic E-state index is 13.7. The first-order chi connectivity index (χ1) is 17.4. The van der Waals surface area contributed by atoms with Gasteiger partial charge >= 0.3 is 0 Å². The first-order valence-corrected chi connectivity index (χ1v) is 13.4. The molecule has 36 heavy (non-hydrogen) atoms. The average molecular weight is 506 g/mol. The van der Waals surface area contributed by atoms with Crippen LogP contribution in [-0.4, -0.2) is 37.5 Å². The highest BCUT2D eigenvalue weighted by Crippen LogP contribution is 2.49. The molecule has 2 N–H and O–H groups in total. The second-order valence-corrected chi connectivity index (χ2v) is 11.9. The van der Waals surface area contributed by atoms with Crippen molar-refractivity contribution >= 4 is 34.0 Å². The van der Waals surface area contributed by atoms with Gasteiger partial charge in [-0.2, -0.15) is 4.98 Å². The van der Waals surface area contributed by atoms with E-state index in [-0.39, 0.29) is 17.0 Å². The van der Waals surface area contributed by atoms with Crippen molar-refractivity contribution in [2.45, 2.75) is 62.9 Å². The minimum Gasteiger partial charge on any atom is -0.324 e. The van der Waals surface area contributed by atoms with Crippen LogP contribution in [0.2, 0.25) is 0 Å². The molecule has 0 spiro atoms. The number of anilines is 2. The fraction of sp³-hybridized carbons (Fsp3) is 0.462. The Hall–Kier alpha value is -3.11. The number of aromatic nitrogens is 5. The number of hydrogen-bond acceptors (Lipinski definition) is 7. The Morgan fingerprint density at radius 1 is 1.25 bits per heavy atom. The summed E-state index contributed by atoms with van der Waals surface area (Å²) in [6.07, 6.45) is 5.13. The van der Waals surface area contributed by atoms with Crippen molar-refractivity contribution in [3.8, 4) is 5.13 Å². The molecule has 10 heteroatoms. The van der Waals surface area contributed by atoms with Crippen molar-refractivity contribution in [2.24, 2.45) is 0 Å². The van der Waals surface area contributed by atoms with Crippen LogP contribution in [0.1, 0.15) is 62.4 Å². The molecule has 4 heterocycles. The van der Waals surface area contributed by atoms with Crippen LogP contribution in [0.25, 0.3) is 16.2 Å². The number of rotatable bonds is 6. The van der Waals surface area contributed by atoms with Gasteiger partial charge in [-0.25, -0.2) is 19.3 Å². The van der Waals surface area contributed by atoms with Gasteiger partial charge in [-0.15, -0.1) is 11.3 Å². The Bertz CT molecular complexity index is 1560. The summed E-state index contributed by atoms with van der Waals surface area (Å²) < 4.78 is 17.3. The predicted octanol–water partition coefficient (Wildman–Crippen LogP) is 4.50. The summed E-state index contributed by atoms with van der Waals surface area (Å²) in [6, 6.07) is 6.49. The summed E-state index contributed by atoms with van der Waals surface area (Å²) in [5, 5.41) is 9.87. The number of fused-ring (bicyclic) bond motifs is 2. The monoisotopic (exact) mass is 505 g/mol. The number of hydrogen-bond donors (Lipinski definition) is 2. The molecule has 7 rings (SSSR count). The van der Waals surface area contributed by atoms with Crippen LogP contribution in [-0.2, 0) is 17.4 Å². The van der Waals surface area contributed by atoms with Crippen LogP contribution in [0.15, 0.2) is 34.6 Å². The highest BCUT2D eigenvalue weighted by molar-refractivity contribution is 7.12. The molecule has 1 aliphatic heterocycles. The summed E-state index contributed by atoms with van der Waals surface area (Å²) in [4.78, 5) is 27.4. The van der Waals surface area contributed by atoms with E-state index in [9.17, 15) is 9.18 Å². The van der Waals surface area contributed by atoms with Crippen LogP contribution in [0.4, 0.5) is 16.0 Å². The molecular weight excluding hydrogens is 477 g/mol. The van der Waals surface area contributed by atoms with Crippen molar-refractivity contribution in [2.75, 3.05) is 18.5 Å². The lowest BCUT2D eigenvalue weighted by atomic mass is 9.79. The molecule has 3 aromatic heterocycles. The van der Waals surface area contributed by atoms with E-state index in [0.717, 1.165) is 50.2 Å². The molecule has 8 nitrogen and oxygen atoms in total. The average Bonchev–Trinajstić information content (AvgIpc) is 3.79. The molecule has 2 aliphatic carbocycles. The van der Waals surface area contributed by atoms with E-state index in [2.05, 4.69) is 47.7 Å². The number of thiazole rings is 1. The Labute approximate surface area is 211 Å². The first kappa shape index (κ1) is 22.1. The zero-order valence-corrected chi connectivity index (χ0v) is 21.2. The number of nitrogens with zero attached hydrogens (tertiary/aromatic N) is 5. The third-order valence-electron chi connectivity index (χ3n) is 7.81. The summed E-state index contributed by atoms with van der Waals surface area (Å²) in [7, 11) is 0. The standard InChI is InChI=1S/C26H28FN7OS/c1-25(2)14-28-10-15-9-16(3-6-19(15)25)30-23-29-11-18-21(32-23)34(33(22(18)35)17-4-5-17)24-31-20(12-36-24)26(13-27)7-8-26/h3,6,9,11-12,17,28H,4-5,7-8,10,13-14H2,1-2H3,(H,29,30,32). The molecule has 4 aromatic rings. The summed E-state index contributed by atoms with van der Waals surface area (Å²) in [6.45, 7) is 5.86. The topological polar surface area (TPSA) is 89.7 Å². The number of benzene rings is 1. The van der Waals surface area contributed by atoms with Crippen molar-refractivity contribution in [1.29, 1.82) is 0 Å². The van der Waals surface area contributed by atoms with E-state index in [4.69, 9.17) is 9.97 Å². The lowest BCUT2D eigenvalue weighted by Gasteiger charge is -2.33. The zero-order valence-electron chi connectivity index (χ0n) is 20.3. The smallest absolute Gasteiger partial charge is 0.278 e. The van der Waals surface area contributed by atoms with Crippen molar-refractivity contribution < 1.29 is 4.39 Å². The van der Waals surface area contributed by atoms with Gasteiger partial charge < -0.3 is 10.6 Å². The molecular formula is C26H28FN7OS. The largest absolute Gasteiger partial charge is 0.324 e. The van der Waals surface area contributed by atoms with Gasteiger partial charge in [0.25, 0.3) is 5.56 Å². The fourth-order valence-electron chi connectivity index (χ4n) is 5.32. The molecule has 3 aliphatic rings. The zero-order chi connectivity index (χ0) is 24.7. The SMILES string of the molecule is CC1(C)CNCc2cc(Nc3ncc4c(=O)n(C5CC5)n(-c5nc(C6(CF)CC6)cs5)c4n3)ccc21. The van der Waals surface area contributed by atoms with Gasteiger partial charge in [-0.05, 0) is 48.9 Å². The van der Waals surface area contributed by atoms with Crippen LogP contribution in [0.3, 0.4) is 0 Å². The van der Waals surface area contributed by atoms with Gasteiger partial charge in [0.1, 0.15) is 12.1 Å². The number of nitrogens with one attached hydrogen (secondary N) is 2. The molecule has 0 amide bonds. The van der Waals surface area contributed by atoms with E-state index in [1.807, 2.05) is 10.1 Å². The molecule has 2 saturated carbocycles. The highest BCUT2D eigenvalue weighted by Gasteiger charge is 2.47. The Morgan fingerprint density at radius 3 is 2.83 bits per heavy atom. The Balaban J connectivity index is 1.30. The van der Waals surface area contributed by atoms with Crippen molar-refractivity contribution in [1.82, 2.24) is 29.6 Å². The van der Waals surface area contributed by atoms with E-state index in [1.54, 1.807) is 10.9 Å².